The first-order valence-electron chi connectivity index (χ1n) is 11.1. The molecule has 11 heteroatoms. The molecule has 0 amide bonds. The molecular weight excluding hydrogens is 466 g/mol. The maximum Gasteiger partial charge on any atom is 0.230 e. The predicted molar refractivity (Wildman–Crippen MR) is 130 cm³/mol. The third-order valence-corrected chi connectivity index (χ3v) is 5.64. The van der Waals surface area contributed by atoms with Crippen molar-refractivity contribution in [3.8, 4) is 22.5 Å². The molecule has 0 aliphatic rings. The van der Waals surface area contributed by atoms with Gasteiger partial charge in [0.1, 0.15) is 11.4 Å². The Balaban J connectivity index is 1.55. The summed E-state index contributed by atoms with van der Waals surface area (Å²) in [7, 11) is 0. The van der Waals surface area contributed by atoms with Gasteiger partial charge in [0.2, 0.25) is 5.95 Å². The Hall–Kier alpha value is -4.38. The van der Waals surface area contributed by atoms with Crippen molar-refractivity contribution in [2.75, 3.05) is 5.32 Å². The van der Waals surface area contributed by atoms with E-state index < -0.39 is 17.2 Å². The van der Waals surface area contributed by atoms with Crippen LogP contribution in [-0.2, 0) is 5.60 Å². The van der Waals surface area contributed by atoms with Crippen molar-refractivity contribution in [3.05, 3.63) is 71.4 Å². The number of nitrogens with one attached hydrogen (secondary N) is 2. The van der Waals surface area contributed by atoms with Crippen LogP contribution in [0.15, 0.2) is 42.7 Å². The molecule has 4 aromatic heterocycles. The van der Waals surface area contributed by atoms with Crippen LogP contribution in [0.3, 0.4) is 0 Å². The van der Waals surface area contributed by atoms with Crippen LogP contribution in [0.2, 0.25) is 0 Å². The van der Waals surface area contributed by atoms with Crippen molar-refractivity contribution < 1.29 is 13.9 Å². The number of nitrogens with zero attached hydrogens (tertiary/aromatic N) is 6. The molecule has 0 fully saturated rings. The van der Waals surface area contributed by atoms with Gasteiger partial charge in [0.05, 0.1) is 28.7 Å². The first-order chi connectivity index (χ1) is 17.1. The number of halogens is 2. The third kappa shape index (κ3) is 4.36. The van der Waals surface area contributed by atoms with Crippen LogP contribution < -0.4 is 5.32 Å². The summed E-state index contributed by atoms with van der Waals surface area (Å²) in [5, 5.41) is 21.1. The van der Waals surface area contributed by atoms with Gasteiger partial charge in [-0.15, -0.1) is 0 Å². The first-order valence-corrected chi connectivity index (χ1v) is 11.1. The Morgan fingerprint density at radius 2 is 1.81 bits per heavy atom. The number of pyridine rings is 1. The summed E-state index contributed by atoms with van der Waals surface area (Å²) in [5.41, 5.74) is 3.88. The normalized spacial score (nSPS) is 11.8. The summed E-state index contributed by atoms with van der Waals surface area (Å²) < 4.78 is 27.2. The lowest BCUT2D eigenvalue weighted by Gasteiger charge is -2.16. The van der Waals surface area contributed by atoms with Gasteiger partial charge in [-0.05, 0) is 45.4 Å². The maximum absolute atomic E-state index is 14.0. The number of rotatable bonds is 5. The minimum absolute atomic E-state index is 0.0849. The van der Waals surface area contributed by atoms with Gasteiger partial charge < -0.3 is 10.4 Å². The molecule has 182 valence electrons. The fraction of sp³-hybridized carbons (Fsp3) is 0.200. The van der Waals surface area contributed by atoms with Crippen LogP contribution in [-0.4, -0.2) is 40.2 Å². The Bertz CT molecular complexity index is 1610. The molecule has 5 aromatic rings. The Morgan fingerprint density at radius 3 is 2.56 bits per heavy atom. The minimum Gasteiger partial charge on any atom is -0.382 e. The van der Waals surface area contributed by atoms with E-state index in [1.165, 1.54) is 0 Å². The number of anilines is 2. The second-order valence-corrected chi connectivity index (χ2v) is 8.89. The van der Waals surface area contributed by atoms with Crippen LogP contribution in [0, 0.1) is 25.5 Å². The zero-order valence-corrected chi connectivity index (χ0v) is 19.9. The lowest BCUT2D eigenvalue weighted by molar-refractivity contribution is 0.0688. The molecule has 0 bridgehead atoms. The summed E-state index contributed by atoms with van der Waals surface area (Å²) >= 11 is 0. The summed E-state index contributed by atoms with van der Waals surface area (Å²) in [6.07, 6.45) is 2.52. The summed E-state index contributed by atoms with van der Waals surface area (Å²) in [6, 6.07) is 8.40. The minimum atomic E-state index is -1.17. The van der Waals surface area contributed by atoms with E-state index in [0.717, 1.165) is 34.6 Å². The third-order valence-electron chi connectivity index (χ3n) is 5.64. The predicted octanol–water partition coefficient (Wildman–Crippen LogP) is 4.74. The van der Waals surface area contributed by atoms with Crippen LogP contribution in [0.1, 0.15) is 30.9 Å². The Labute approximate surface area is 204 Å². The SMILES string of the molecule is Cc1ccc(-c2ccnc(C(C)(C)O)n2)cc1-c1[nH]nc2nc(Nc3ncc(F)cc3F)nc(C)c12. The number of aromatic nitrogens is 7. The number of hydrogen-bond donors (Lipinski definition) is 3. The Morgan fingerprint density at radius 1 is 1.00 bits per heavy atom. The van der Waals surface area contributed by atoms with E-state index in [9.17, 15) is 13.9 Å². The molecule has 0 aliphatic heterocycles. The lowest BCUT2D eigenvalue weighted by Crippen LogP contribution is -2.19. The molecule has 0 aliphatic carbocycles. The molecule has 0 unspecified atom stereocenters. The van der Waals surface area contributed by atoms with E-state index in [-0.39, 0.29) is 11.8 Å². The summed E-state index contributed by atoms with van der Waals surface area (Å²) in [5.74, 6) is -1.42. The Kier molecular flexibility index (Phi) is 5.64. The second kappa shape index (κ2) is 8.68. The average molecular weight is 489 g/mol. The van der Waals surface area contributed by atoms with Crippen LogP contribution in [0.5, 0.6) is 0 Å². The van der Waals surface area contributed by atoms with E-state index in [1.807, 2.05) is 25.1 Å². The van der Waals surface area contributed by atoms with Crippen molar-refractivity contribution in [1.82, 2.24) is 35.1 Å². The number of aryl methyl sites for hydroxylation is 2. The number of fused-ring (bicyclic) bond motifs is 1. The van der Waals surface area contributed by atoms with Gasteiger partial charge in [-0.1, -0.05) is 12.1 Å². The summed E-state index contributed by atoms with van der Waals surface area (Å²) in [6.45, 7) is 7.04. The van der Waals surface area contributed by atoms with Gasteiger partial charge in [0.15, 0.2) is 23.1 Å². The zero-order valence-electron chi connectivity index (χ0n) is 19.9. The van der Waals surface area contributed by atoms with Gasteiger partial charge in [0.25, 0.3) is 0 Å². The fourth-order valence-electron chi connectivity index (χ4n) is 3.82. The van der Waals surface area contributed by atoms with E-state index >= 15 is 0 Å². The molecule has 3 N–H and O–H groups in total. The van der Waals surface area contributed by atoms with Crippen molar-refractivity contribution >= 4 is 22.8 Å². The largest absolute Gasteiger partial charge is 0.382 e. The van der Waals surface area contributed by atoms with Crippen LogP contribution in [0.4, 0.5) is 20.5 Å². The molecule has 0 saturated carbocycles. The smallest absolute Gasteiger partial charge is 0.230 e. The first kappa shape index (κ1) is 23.4. The molecule has 0 saturated heterocycles. The number of H-pyrrole nitrogens is 1. The van der Waals surface area contributed by atoms with Crippen molar-refractivity contribution in [1.29, 1.82) is 0 Å². The standard InChI is InChI=1S/C25H22F2N8O/c1-12-5-6-14(18-7-8-28-23(31-18)25(3,4)36)9-16(12)20-19-13(2)30-24(33-22(19)35-34-20)32-21-17(27)10-15(26)11-29-21/h5-11,36H,1-4H3,(H2,29,30,32,33,34,35). The molecule has 0 spiro atoms. The quantitative estimate of drug-likeness (QED) is 0.324. The van der Waals surface area contributed by atoms with Crippen molar-refractivity contribution in [2.45, 2.75) is 33.3 Å². The maximum atomic E-state index is 14.0. The molecule has 5 rings (SSSR count). The molecule has 0 atom stereocenters. The van der Waals surface area contributed by atoms with Crippen molar-refractivity contribution in [2.24, 2.45) is 0 Å². The highest BCUT2D eigenvalue weighted by atomic mass is 19.1. The van der Waals surface area contributed by atoms with Crippen LogP contribution in [0.25, 0.3) is 33.5 Å². The van der Waals surface area contributed by atoms with Gasteiger partial charge in [-0.2, -0.15) is 10.1 Å². The second-order valence-electron chi connectivity index (χ2n) is 8.89. The number of benzene rings is 1. The van der Waals surface area contributed by atoms with E-state index in [2.05, 4.69) is 40.4 Å². The number of aromatic amines is 1. The molecule has 36 heavy (non-hydrogen) atoms. The lowest BCUT2D eigenvalue weighted by atomic mass is 9.98. The monoisotopic (exact) mass is 488 g/mol. The van der Waals surface area contributed by atoms with Gasteiger partial charge in [-0.25, -0.2) is 28.7 Å². The summed E-state index contributed by atoms with van der Waals surface area (Å²) in [4.78, 5) is 21.2. The van der Waals surface area contributed by atoms with E-state index in [0.29, 0.717) is 28.2 Å². The van der Waals surface area contributed by atoms with E-state index in [1.54, 1.807) is 33.0 Å². The fourth-order valence-corrected chi connectivity index (χ4v) is 3.82. The molecule has 1 aromatic carbocycles. The highest BCUT2D eigenvalue weighted by Crippen LogP contribution is 2.33. The van der Waals surface area contributed by atoms with Crippen LogP contribution >= 0.6 is 0 Å². The number of hydrogen-bond acceptors (Lipinski definition) is 8. The highest BCUT2D eigenvalue weighted by molar-refractivity contribution is 5.94. The van der Waals surface area contributed by atoms with Gasteiger partial charge in [0, 0.05) is 23.4 Å². The van der Waals surface area contributed by atoms with Crippen molar-refractivity contribution in [3.63, 3.8) is 0 Å². The molecule has 4 heterocycles. The van der Waals surface area contributed by atoms with E-state index in [4.69, 9.17) is 0 Å². The zero-order chi connectivity index (χ0) is 25.6. The van der Waals surface area contributed by atoms with Gasteiger partial charge >= 0.3 is 0 Å². The molecule has 0 radical (unpaired) electrons. The average Bonchev–Trinajstić information content (AvgIpc) is 3.25. The number of aliphatic hydroxyl groups is 1. The van der Waals surface area contributed by atoms with Gasteiger partial charge in [-0.3, -0.25) is 5.10 Å². The molecule has 9 nitrogen and oxygen atoms in total. The highest BCUT2D eigenvalue weighted by Gasteiger charge is 2.21. The molecular formula is C25H22F2N8O. The topological polar surface area (TPSA) is 125 Å².